The molecule has 1 fully saturated rings. The molecule has 2 N–H and O–H groups in total. The molecule has 2 atom stereocenters. The zero-order valence-electron chi connectivity index (χ0n) is 14.5. The highest BCUT2D eigenvalue weighted by Gasteiger charge is 2.39. The highest BCUT2D eigenvalue weighted by Crippen LogP contribution is 2.37. The van der Waals surface area contributed by atoms with Crippen LogP contribution in [0.15, 0.2) is 30.5 Å². The van der Waals surface area contributed by atoms with Crippen LogP contribution in [-0.4, -0.2) is 45.6 Å². The number of ether oxygens (including phenoxy) is 4. The molecule has 0 saturated carbocycles. The first kappa shape index (κ1) is 19.0. The molecule has 0 aromatic heterocycles. The zero-order valence-corrected chi connectivity index (χ0v) is 15.3. The first-order valence-electron chi connectivity index (χ1n) is 7.65. The molecule has 1 aromatic carbocycles. The van der Waals surface area contributed by atoms with Crippen LogP contribution >= 0.6 is 12.2 Å². The van der Waals surface area contributed by atoms with Gasteiger partial charge in [0.05, 0.1) is 26.9 Å². The quantitative estimate of drug-likeness (QED) is 0.428. The van der Waals surface area contributed by atoms with Crippen LogP contribution in [0.5, 0.6) is 11.5 Å². The SMILES string of the molecule is C=C1NC(=S)N[C@H](c2ccc(OC)cc2OC)[C@H]1C(=O)OCCOC. The number of hydrogen-bond donors (Lipinski definition) is 2. The van der Waals surface area contributed by atoms with E-state index in [0.29, 0.717) is 28.9 Å². The third-order valence-corrected chi connectivity index (χ3v) is 4.05. The van der Waals surface area contributed by atoms with Crippen LogP contribution in [-0.2, 0) is 14.3 Å². The van der Waals surface area contributed by atoms with Crippen molar-refractivity contribution in [2.75, 3.05) is 34.5 Å². The Morgan fingerprint density at radius 1 is 1.24 bits per heavy atom. The molecule has 136 valence electrons. The highest BCUT2D eigenvalue weighted by molar-refractivity contribution is 7.80. The first-order valence-corrected chi connectivity index (χ1v) is 8.06. The van der Waals surface area contributed by atoms with Crippen LogP contribution in [0.2, 0.25) is 0 Å². The van der Waals surface area contributed by atoms with Gasteiger partial charge in [-0.05, 0) is 24.4 Å². The summed E-state index contributed by atoms with van der Waals surface area (Å²) < 4.78 is 20.9. The summed E-state index contributed by atoms with van der Waals surface area (Å²) in [4.78, 5) is 12.6. The maximum atomic E-state index is 12.6. The van der Waals surface area contributed by atoms with E-state index in [0.717, 1.165) is 5.56 Å². The van der Waals surface area contributed by atoms with Gasteiger partial charge < -0.3 is 29.6 Å². The fourth-order valence-corrected chi connectivity index (χ4v) is 2.87. The van der Waals surface area contributed by atoms with Gasteiger partial charge in [-0.2, -0.15) is 0 Å². The van der Waals surface area contributed by atoms with Crippen LogP contribution in [0.4, 0.5) is 0 Å². The number of esters is 1. The van der Waals surface area contributed by atoms with Crippen molar-refractivity contribution >= 4 is 23.3 Å². The molecule has 0 unspecified atom stereocenters. The fraction of sp³-hybridized carbons (Fsp3) is 0.412. The van der Waals surface area contributed by atoms with E-state index in [9.17, 15) is 4.79 Å². The van der Waals surface area contributed by atoms with Crippen molar-refractivity contribution in [3.63, 3.8) is 0 Å². The minimum Gasteiger partial charge on any atom is -0.497 e. The van der Waals surface area contributed by atoms with Crippen molar-refractivity contribution in [2.24, 2.45) is 5.92 Å². The fourth-order valence-electron chi connectivity index (χ4n) is 2.61. The number of benzene rings is 1. The van der Waals surface area contributed by atoms with E-state index in [2.05, 4.69) is 17.2 Å². The average Bonchev–Trinajstić information content (AvgIpc) is 2.60. The molecule has 0 spiro atoms. The predicted octanol–water partition coefficient (Wildman–Crippen LogP) is 1.54. The lowest BCUT2D eigenvalue weighted by molar-refractivity contribution is -0.149. The highest BCUT2D eigenvalue weighted by atomic mass is 32.1. The van der Waals surface area contributed by atoms with E-state index >= 15 is 0 Å². The Hall–Kier alpha value is -2.32. The van der Waals surface area contributed by atoms with Gasteiger partial charge in [-0.3, -0.25) is 4.79 Å². The van der Waals surface area contributed by atoms with Crippen LogP contribution < -0.4 is 20.1 Å². The summed E-state index contributed by atoms with van der Waals surface area (Å²) in [5, 5.41) is 6.38. The third-order valence-electron chi connectivity index (χ3n) is 3.83. The van der Waals surface area contributed by atoms with Crippen molar-refractivity contribution in [1.29, 1.82) is 0 Å². The second-order valence-electron chi connectivity index (χ2n) is 5.35. The molecule has 1 aromatic rings. The standard InChI is InChI=1S/C17H22N2O5S/c1-10-14(16(20)24-8-7-21-2)15(19-17(25)18-10)12-6-5-11(22-3)9-13(12)23-4/h5-6,9,14-15H,1,7-8H2,2-4H3,(H2,18,19,25)/t14-,15+/m0/s1. The van der Waals surface area contributed by atoms with Crippen molar-refractivity contribution in [3.8, 4) is 11.5 Å². The zero-order chi connectivity index (χ0) is 18.4. The Kier molecular flexibility index (Phi) is 6.60. The molecular formula is C17H22N2O5S. The van der Waals surface area contributed by atoms with Gasteiger partial charge in [0.25, 0.3) is 0 Å². The van der Waals surface area contributed by atoms with Gasteiger partial charge in [0.1, 0.15) is 24.0 Å². The molecule has 8 heteroatoms. The second kappa shape index (κ2) is 8.68. The molecule has 1 aliphatic rings. The van der Waals surface area contributed by atoms with E-state index in [4.69, 9.17) is 31.2 Å². The maximum Gasteiger partial charge on any atom is 0.317 e. The van der Waals surface area contributed by atoms with Gasteiger partial charge in [0, 0.05) is 24.4 Å². The Balaban J connectivity index is 2.35. The molecule has 0 bridgehead atoms. The molecule has 1 heterocycles. The van der Waals surface area contributed by atoms with Crippen LogP contribution in [0, 0.1) is 5.92 Å². The van der Waals surface area contributed by atoms with Gasteiger partial charge in [0.2, 0.25) is 0 Å². The van der Waals surface area contributed by atoms with Crippen LogP contribution in [0.1, 0.15) is 11.6 Å². The van der Waals surface area contributed by atoms with Gasteiger partial charge in [-0.15, -0.1) is 0 Å². The average molecular weight is 366 g/mol. The van der Waals surface area contributed by atoms with Crippen LogP contribution in [0.3, 0.4) is 0 Å². The summed E-state index contributed by atoms with van der Waals surface area (Å²) >= 11 is 5.21. The number of carbonyl (C=O) groups excluding carboxylic acids is 1. The minimum atomic E-state index is -0.675. The molecular weight excluding hydrogens is 344 g/mol. The van der Waals surface area contributed by atoms with E-state index in [1.54, 1.807) is 33.5 Å². The Morgan fingerprint density at radius 3 is 2.64 bits per heavy atom. The lowest BCUT2D eigenvalue weighted by atomic mass is 9.88. The number of hydrogen-bond acceptors (Lipinski definition) is 6. The predicted molar refractivity (Wildman–Crippen MR) is 96.6 cm³/mol. The van der Waals surface area contributed by atoms with Gasteiger partial charge in [0.15, 0.2) is 5.11 Å². The van der Waals surface area contributed by atoms with Gasteiger partial charge in [-0.25, -0.2) is 0 Å². The van der Waals surface area contributed by atoms with Crippen molar-refractivity contribution in [1.82, 2.24) is 10.6 Å². The number of carbonyl (C=O) groups is 1. The summed E-state index contributed by atoms with van der Waals surface area (Å²) in [5.41, 5.74) is 1.22. The lowest BCUT2D eigenvalue weighted by Gasteiger charge is -2.35. The number of rotatable bonds is 7. The van der Waals surface area contributed by atoms with E-state index in [-0.39, 0.29) is 6.61 Å². The Labute approximate surface area is 152 Å². The molecule has 1 aliphatic heterocycles. The normalized spacial score (nSPS) is 19.6. The number of methoxy groups -OCH3 is 3. The monoisotopic (exact) mass is 366 g/mol. The largest absolute Gasteiger partial charge is 0.497 e. The first-order chi connectivity index (χ1) is 12.0. The van der Waals surface area contributed by atoms with Gasteiger partial charge in [-0.1, -0.05) is 6.58 Å². The van der Waals surface area contributed by atoms with E-state index < -0.39 is 17.9 Å². The summed E-state index contributed by atoms with van der Waals surface area (Å²) in [5.74, 6) is 0.123. The minimum absolute atomic E-state index is 0.163. The molecule has 1 saturated heterocycles. The lowest BCUT2D eigenvalue weighted by Crippen LogP contribution is -2.51. The van der Waals surface area contributed by atoms with E-state index in [1.807, 2.05) is 6.07 Å². The third kappa shape index (κ3) is 4.40. The molecule has 7 nitrogen and oxygen atoms in total. The Morgan fingerprint density at radius 2 is 2.00 bits per heavy atom. The summed E-state index contributed by atoms with van der Waals surface area (Å²) in [7, 11) is 4.67. The maximum absolute atomic E-state index is 12.6. The van der Waals surface area contributed by atoms with Crippen molar-refractivity contribution in [2.45, 2.75) is 6.04 Å². The second-order valence-corrected chi connectivity index (χ2v) is 5.76. The Bertz CT molecular complexity index is 664. The topological polar surface area (TPSA) is 78.0 Å². The van der Waals surface area contributed by atoms with Crippen molar-refractivity contribution in [3.05, 3.63) is 36.0 Å². The van der Waals surface area contributed by atoms with Crippen molar-refractivity contribution < 1.29 is 23.7 Å². The summed E-state index contributed by atoms with van der Waals surface area (Å²) in [6, 6.07) is 4.89. The molecule has 0 aliphatic carbocycles. The molecule has 2 rings (SSSR count). The smallest absolute Gasteiger partial charge is 0.317 e. The summed E-state index contributed by atoms with van der Waals surface area (Å²) in [6.07, 6.45) is 0. The molecule has 0 amide bonds. The summed E-state index contributed by atoms with van der Waals surface area (Å²) in [6.45, 7) is 4.41. The van der Waals surface area contributed by atoms with Gasteiger partial charge >= 0.3 is 5.97 Å². The number of nitrogens with one attached hydrogen (secondary N) is 2. The van der Waals surface area contributed by atoms with Crippen LogP contribution in [0.25, 0.3) is 0 Å². The molecule has 25 heavy (non-hydrogen) atoms. The van der Waals surface area contributed by atoms with E-state index in [1.165, 1.54) is 0 Å². The number of thiocarbonyl (C=S) groups is 1. The molecule has 0 radical (unpaired) electrons.